The first kappa shape index (κ1) is 15.9. The highest BCUT2D eigenvalue weighted by Gasteiger charge is 2.18. The zero-order valence-corrected chi connectivity index (χ0v) is 12.4. The van der Waals surface area contributed by atoms with E-state index in [1.165, 1.54) is 11.8 Å². The van der Waals surface area contributed by atoms with Crippen molar-refractivity contribution >= 4 is 17.7 Å². The van der Waals surface area contributed by atoms with Crippen LogP contribution in [0.5, 0.6) is 5.75 Å². The molecule has 0 N–H and O–H groups in total. The molecule has 0 spiro atoms. The van der Waals surface area contributed by atoms with Gasteiger partial charge in [-0.25, -0.2) is 0 Å². The third-order valence-corrected chi connectivity index (χ3v) is 3.45. The van der Waals surface area contributed by atoms with Crippen molar-refractivity contribution < 1.29 is 19.0 Å². The van der Waals surface area contributed by atoms with E-state index in [-0.39, 0.29) is 18.0 Å². The molecule has 106 valence electrons. The predicted octanol–water partition coefficient (Wildman–Crippen LogP) is 2.51. The van der Waals surface area contributed by atoms with Crippen LogP contribution in [0.1, 0.15) is 12.5 Å². The Morgan fingerprint density at radius 3 is 2.53 bits per heavy atom. The number of hydrogen-bond acceptors (Lipinski definition) is 5. The molecule has 0 aromatic heterocycles. The van der Waals surface area contributed by atoms with E-state index < -0.39 is 0 Å². The maximum absolute atomic E-state index is 11.7. The molecule has 0 amide bonds. The first-order valence-electron chi connectivity index (χ1n) is 6.11. The summed E-state index contributed by atoms with van der Waals surface area (Å²) in [5.74, 6) is 0.595. The van der Waals surface area contributed by atoms with E-state index in [2.05, 4.69) is 0 Å². The van der Waals surface area contributed by atoms with Crippen LogP contribution in [0, 0.1) is 0 Å². The smallest absolute Gasteiger partial charge is 0.319 e. The maximum atomic E-state index is 11.7. The molecule has 0 saturated heterocycles. The van der Waals surface area contributed by atoms with Crippen molar-refractivity contribution in [3.63, 3.8) is 0 Å². The van der Waals surface area contributed by atoms with Crippen LogP contribution in [0.15, 0.2) is 24.3 Å². The van der Waals surface area contributed by atoms with Gasteiger partial charge >= 0.3 is 5.97 Å². The van der Waals surface area contributed by atoms with Crippen LogP contribution in [0.4, 0.5) is 0 Å². The van der Waals surface area contributed by atoms with Gasteiger partial charge in [-0.05, 0) is 37.3 Å². The summed E-state index contributed by atoms with van der Waals surface area (Å²) in [6, 6.07) is 7.65. The number of carbonyl (C=O) groups is 1. The van der Waals surface area contributed by atoms with Crippen LogP contribution in [-0.4, -0.2) is 38.0 Å². The van der Waals surface area contributed by atoms with E-state index in [0.29, 0.717) is 13.0 Å². The SMILES string of the molecule is CCOC(=O)C(Cc1ccc(OCOC)cc1)SC. The second kappa shape index (κ2) is 8.82. The largest absolute Gasteiger partial charge is 0.468 e. The fourth-order valence-electron chi connectivity index (χ4n) is 1.56. The average Bonchev–Trinajstić information content (AvgIpc) is 2.44. The molecule has 0 saturated carbocycles. The number of methoxy groups -OCH3 is 1. The number of ether oxygens (including phenoxy) is 3. The molecule has 0 fully saturated rings. The minimum atomic E-state index is -0.161. The topological polar surface area (TPSA) is 44.8 Å². The Kier molecular flexibility index (Phi) is 7.36. The van der Waals surface area contributed by atoms with Gasteiger partial charge in [0.1, 0.15) is 11.0 Å². The minimum Gasteiger partial charge on any atom is -0.468 e. The van der Waals surface area contributed by atoms with Crippen LogP contribution in [0.3, 0.4) is 0 Å². The van der Waals surface area contributed by atoms with Gasteiger partial charge in [0.25, 0.3) is 0 Å². The van der Waals surface area contributed by atoms with Gasteiger partial charge < -0.3 is 14.2 Å². The van der Waals surface area contributed by atoms with Gasteiger partial charge in [0.15, 0.2) is 6.79 Å². The minimum absolute atomic E-state index is 0.158. The molecule has 0 aliphatic rings. The Labute approximate surface area is 118 Å². The highest BCUT2D eigenvalue weighted by atomic mass is 32.2. The second-order valence-corrected chi connectivity index (χ2v) is 4.92. The Bertz CT molecular complexity index is 378. The van der Waals surface area contributed by atoms with Gasteiger partial charge in [-0.3, -0.25) is 4.79 Å². The van der Waals surface area contributed by atoms with Gasteiger partial charge in [-0.15, -0.1) is 11.8 Å². The number of hydrogen-bond donors (Lipinski definition) is 0. The van der Waals surface area contributed by atoms with Crippen molar-refractivity contribution in [3.8, 4) is 5.75 Å². The molecule has 0 bridgehead atoms. The standard InChI is InChI=1S/C14H20O4S/c1-4-17-14(15)13(19-3)9-11-5-7-12(8-6-11)18-10-16-2/h5-8,13H,4,9-10H2,1-3H3. The van der Waals surface area contributed by atoms with Crippen LogP contribution >= 0.6 is 11.8 Å². The van der Waals surface area contributed by atoms with Crippen molar-refractivity contribution in [2.45, 2.75) is 18.6 Å². The van der Waals surface area contributed by atoms with Gasteiger partial charge in [0.05, 0.1) is 6.61 Å². The molecule has 1 atom stereocenters. The molecular formula is C14H20O4S. The maximum Gasteiger partial charge on any atom is 0.319 e. The van der Waals surface area contributed by atoms with Crippen molar-refractivity contribution in [1.29, 1.82) is 0 Å². The number of carbonyl (C=O) groups excluding carboxylic acids is 1. The Morgan fingerprint density at radius 2 is 2.00 bits per heavy atom. The van der Waals surface area contributed by atoms with E-state index >= 15 is 0 Å². The quantitative estimate of drug-likeness (QED) is 0.542. The summed E-state index contributed by atoms with van der Waals surface area (Å²) in [4.78, 5) is 11.7. The molecule has 19 heavy (non-hydrogen) atoms. The van der Waals surface area contributed by atoms with Crippen LogP contribution in [0.25, 0.3) is 0 Å². The average molecular weight is 284 g/mol. The molecule has 0 aliphatic carbocycles. The Hall–Kier alpha value is -1.20. The van der Waals surface area contributed by atoms with E-state index in [9.17, 15) is 4.79 Å². The Morgan fingerprint density at radius 1 is 1.32 bits per heavy atom. The summed E-state index contributed by atoms with van der Waals surface area (Å²) in [7, 11) is 1.58. The Balaban J connectivity index is 2.57. The number of rotatable bonds is 8. The lowest BCUT2D eigenvalue weighted by Crippen LogP contribution is -2.22. The lowest BCUT2D eigenvalue weighted by molar-refractivity contribution is -0.142. The van der Waals surface area contributed by atoms with E-state index in [0.717, 1.165) is 11.3 Å². The number of benzene rings is 1. The molecule has 0 heterocycles. The van der Waals surface area contributed by atoms with E-state index in [1.807, 2.05) is 37.4 Å². The first-order valence-corrected chi connectivity index (χ1v) is 7.40. The number of esters is 1. The molecule has 0 aliphatic heterocycles. The molecule has 5 heteroatoms. The van der Waals surface area contributed by atoms with Gasteiger partial charge in [0, 0.05) is 7.11 Å². The molecule has 4 nitrogen and oxygen atoms in total. The van der Waals surface area contributed by atoms with Gasteiger partial charge in [-0.1, -0.05) is 12.1 Å². The van der Waals surface area contributed by atoms with Crippen LogP contribution < -0.4 is 4.74 Å². The second-order valence-electron chi connectivity index (χ2n) is 3.88. The third kappa shape index (κ3) is 5.53. The fourth-order valence-corrected chi connectivity index (χ4v) is 2.18. The monoisotopic (exact) mass is 284 g/mol. The summed E-state index contributed by atoms with van der Waals surface area (Å²) in [6.07, 6.45) is 2.57. The fraction of sp³-hybridized carbons (Fsp3) is 0.500. The van der Waals surface area contributed by atoms with Crippen LogP contribution in [0.2, 0.25) is 0 Å². The van der Waals surface area contributed by atoms with Crippen molar-refractivity contribution in [1.82, 2.24) is 0 Å². The molecule has 1 rings (SSSR count). The highest BCUT2D eigenvalue weighted by Crippen LogP contribution is 2.18. The summed E-state index contributed by atoms with van der Waals surface area (Å²) in [5.41, 5.74) is 1.08. The first-order chi connectivity index (χ1) is 9.21. The van der Waals surface area contributed by atoms with E-state index in [4.69, 9.17) is 14.2 Å². The number of thioether (sulfide) groups is 1. The molecule has 0 radical (unpaired) electrons. The summed E-state index contributed by atoms with van der Waals surface area (Å²) in [6.45, 7) is 2.46. The van der Waals surface area contributed by atoms with Gasteiger partial charge in [0.2, 0.25) is 0 Å². The highest BCUT2D eigenvalue weighted by molar-refractivity contribution is 7.99. The van der Waals surface area contributed by atoms with Crippen molar-refractivity contribution in [2.24, 2.45) is 0 Å². The normalized spacial score (nSPS) is 11.9. The molecule has 1 unspecified atom stereocenters. The lowest BCUT2D eigenvalue weighted by Gasteiger charge is -2.13. The predicted molar refractivity (Wildman–Crippen MR) is 76.6 cm³/mol. The van der Waals surface area contributed by atoms with Gasteiger partial charge in [-0.2, -0.15) is 0 Å². The molecular weight excluding hydrogens is 264 g/mol. The molecule has 1 aromatic rings. The lowest BCUT2D eigenvalue weighted by atomic mass is 10.1. The zero-order chi connectivity index (χ0) is 14.1. The third-order valence-electron chi connectivity index (χ3n) is 2.52. The van der Waals surface area contributed by atoms with E-state index in [1.54, 1.807) is 7.11 Å². The van der Waals surface area contributed by atoms with Crippen molar-refractivity contribution in [3.05, 3.63) is 29.8 Å². The van der Waals surface area contributed by atoms with Crippen LogP contribution in [-0.2, 0) is 20.7 Å². The van der Waals surface area contributed by atoms with Crippen molar-refractivity contribution in [2.75, 3.05) is 26.8 Å². The molecule has 1 aromatic carbocycles. The summed E-state index contributed by atoms with van der Waals surface area (Å²) >= 11 is 1.51. The summed E-state index contributed by atoms with van der Waals surface area (Å²) < 4.78 is 15.2. The zero-order valence-electron chi connectivity index (χ0n) is 11.5. The summed E-state index contributed by atoms with van der Waals surface area (Å²) in [5, 5.41) is -0.161.